The van der Waals surface area contributed by atoms with Crippen LogP contribution < -0.4 is 4.57 Å². The minimum atomic E-state index is -0.0984. The minimum absolute atomic E-state index is 0.0861. The van der Waals surface area contributed by atoms with Crippen LogP contribution in [0, 0.1) is 0 Å². The molecule has 2 aromatic rings. The van der Waals surface area contributed by atoms with Gasteiger partial charge in [-0.2, -0.15) is 4.57 Å². The molecule has 0 saturated heterocycles. The summed E-state index contributed by atoms with van der Waals surface area (Å²) < 4.78 is 1.73. The highest BCUT2D eigenvalue weighted by Gasteiger charge is 2.17. The van der Waals surface area contributed by atoms with Crippen molar-refractivity contribution in [2.45, 2.75) is 13.5 Å². The van der Waals surface area contributed by atoms with Crippen molar-refractivity contribution in [1.29, 1.82) is 0 Å². The number of nitrogens with zero attached hydrogens (tertiary/aromatic N) is 2. The van der Waals surface area contributed by atoms with Crippen LogP contribution in [0.5, 0.6) is 0 Å². The minimum Gasteiger partial charge on any atom is -0.294 e. The third kappa shape index (κ3) is 2.66. The van der Waals surface area contributed by atoms with E-state index in [1.54, 1.807) is 53.6 Å². The summed E-state index contributed by atoms with van der Waals surface area (Å²) in [4.78, 5) is 27.5. The standard InChI is InChI=1S/C14H13N2O2/c1-11(17)12-4-2-3-5-13(12)14(18)10-16-8-6-15-7-9-16/h2-9H,10H2,1H3/q+1. The Kier molecular flexibility index (Phi) is 3.57. The molecule has 0 N–H and O–H groups in total. The third-order valence-electron chi connectivity index (χ3n) is 2.62. The molecule has 0 unspecified atom stereocenters. The highest BCUT2D eigenvalue weighted by molar-refractivity contribution is 6.07. The van der Waals surface area contributed by atoms with Crippen LogP contribution in [0.4, 0.5) is 0 Å². The van der Waals surface area contributed by atoms with Gasteiger partial charge in [0.15, 0.2) is 18.2 Å². The smallest absolute Gasteiger partial charge is 0.228 e. The maximum atomic E-state index is 12.1. The molecule has 2 rings (SSSR count). The van der Waals surface area contributed by atoms with Gasteiger partial charge < -0.3 is 0 Å². The van der Waals surface area contributed by atoms with Gasteiger partial charge >= 0.3 is 0 Å². The molecule has 0 saturated carbocycles. The molecule has 4 heteroatoms. The van der Waals surface area contributed by atoms with Crippen molar-refractivity contribution >= 4 is 11.6 Å². The fourth-order valence-corrected chi connectivity index (χ4v) is 1.74. The summed E-state index contributed by atoms with van der Waals surface area (Å²) >= 11 is 0. The van der Waals surface area contributed by atoms with Crippen molar-refractivity contribution < 1.29 is 14.2 Å². The summed E-state index contributed by atoms with van der Waals surface area (Å²) in [5.41, 5.74) is 0.937. The van der Waals surface area contributed by atoms with E-state index < -0.39 is 0 Å². The first-order valence-electron chi connectivity index (χ1n) is 5.60. The third-order valence-corrected chi connectivity index (χ3v) is 2.62. The molecular formula is C14H13N2O2+. The van der Waals surface area contributed by atoms with E-state index in [4.69, 9.17) is 0 Å². The maximum Gasteiger partial charge on any atom is 0.228 e. The van der Waals surface area contributed by atoms with Crippen molar-refractivity contribution in [1.82, 2.24) is 4.98 Å². The van der Waals surface area contributed by atoms with E-state index in [1.807, 2.05) is 0 Å². The van der Waals surface area contributed by atoms with E-state index in [9.17, 15) is 9.59 Å². The number of hydrogen-bond acceptors (Lipinski definition) is 3. The molecular weight excluding hydrogens is 228 g/mol. The Hall–Kier alpha value is -2.36. The maximum absolute atomic E-state index is 12.1. The Bertz CT molecular complexity index is 579. The second-order valence-corrected chi connectivity index (χ2v) is 3.94. The largest absolute Gasteiger partial charge is 0.294 e. The molecule has 0 aliphatic heterocycles. The average Bonchev–Trinajstić information content (AvgIpc) is 2.40. The zero-order valence-electron chi connectivity index (χ0n) is 10.0. The molecule has 4 nitrogen and oxygen atoms in total. The normalized spacial score (nSPS) is 10.1. The van der Waals surface area contributed by atoms with Crippen LogP contribution in [0.15, 0.2) is 49.1 Å². The molecule has 1 heterocycles. The molecule has 0 atom stereocenters. The second-order valence-electron chi connectivity index (χ2n) is 3.94. The number of ketones is 2. The molecule has 0 amide bonds. The number of hydrogen-bond donors (Lipinski definition) is 0. The van der Waals surface area contributed by atoms with E-state index in [0.717, 1.165) is 0 Å². The van der Waals surface area contributed by atoms with E-state index in [-0.39, 0.29) is 18.1 Å². The van der Waals surface area contributed by atoms with Gasteiger partial charge in [0, 0.05) is 11.1 Å². The Balaban J connectivity index is 2.27. The zero-order chi connectivity index (χ0) is 13.0. The van der Waals surface area contributed by atoms with Crippen molar-refractivity contribution in [3.05, 3.63) is 60.2 Å². The van der Waals surface area contributed by atoms with Crippen LogP contribution in [0.3, 0.4) is 0 Å². The molecule has 0 radical (unpaired) electrons. The fourth-order valence-electron chi connectivity index (χ4n) is 1.74. The van der Waals surface area contributed by atoms with Gasteiger partial charge in [-0.3, -0.25) is 14.6 Å². The lowest BCUT2D eigenvalue weighted by Crippen LogP contribution is -2.37. The SMILES string of the molecule is CC(=O)c1ccccc1C(=O)C[n+]1ccncc1. The fraction of sp³-hybridized carbons (Fsp3) is 0.143. The number of carbonyl (C=O) groups is 2. The first-order valence-corrected chi connectivity index (χ1v) is 5.60. The molecule has 0 aliphatic carbocycles. The first-order chi connectivity index (χ1) is 8.68. The van der Waals surface area contributed by atoms with Crippen LogP contribution in [-0.4, -0.2) is 16.6 Å². The Morgan fingerprint density at radius 3 is 2.33 bits per heavy atom. The summed E-state index contributed by atoms with van der Waals surface area (Å²) in [6.45, 7) is 1.67. The first kappa shape index (κ1) is 12.1. The van der Waals surface area contributed by atoms with E-state index in [2.05, 4.69) is 4.98 Å². The highest BCUT2D eigenvalue weighted by atomic mass is 16.1. The summed E-state index contributed by atoms with van der Waals surface area (Å²) in [7, 11) is 0. The molecule has 18 heavy (non-hydrogen) atoms. The Morgan fingerprint density at radius 1 is 1.11 bits per heavy atom. The van der Waals surface area contributed by atoms with E-state index >= 15 is 0 Å². The monoisotopic (exact) mass is 241 g/mol. The lowest BCUT2D eigenvalue weighted by atomic mass is 10.0. The van der Waals surface area contributed by atoms with Crippen molar-refractivity contribution in [3.8, 4) is 0 Å². The van der Waals surface area contributed by atoms with Gasteiger partial charge in [-0.15, -0.1) is 0 Å². The molecule has 0 spiro atoms. The lowest BCUT2D eigenvalue weighted by Gasteiger charge is -2.03. The Morgan fingerprint density at radius 2 is 1.72 bits per heavy atom. The predicted octanol–water partition coefficient (Wildman–Crippen LogP) is 1.45. The van der Waals surface area contributed by atoms with Crippen molar-refractivity contribution in [3.63, 3.8) is 0 Å². The van der Waals surface area contributed by atoms with Crippen LogP contribution in [0.25, 0.3) is 0 Å². The van der Waals surface area contributed by atoms with Gasteiger partial charge in [-0.1, -0.05) is 24.3 Å². The average molecular weight is 241 g/mol. The van der Waals surface area contributed by atoms with Gasteiger partial charge in [0.05, 0.1) is 12.4 Å². The highest BCUT2D eigenvalue weighted by Crippen LogP contribution is 2.10. The molecule has 1 aromatic heterocycles. The van der Waals surface area contributed by atoms with Crippen LogP contribution in [0.1, 0.15) is 27.6 Å². The van der Waals surface area contributed by atoms with Crippen molar-refractivity contribution in [2.24, 2.45) is 0 Å². The van der Waals surface area contributed by atoms with Gasteiger partial charge in [-0.25, -0.2) is 0 Å². The van der Waals surface area contributed by atoms with Gasteiger partial charge in [0.2, 0.25) is 12.3 Å². The molecule has 0 fully saturated rings. The predicted molar refractivity (Wildman–Crippen MR) is 65.2 cm³/mol. The van der Waals surface area contributed by atoms with Crippen LogP contribution in [0.2, 0.25) is 0 Å². The van der Waals surface area contributed by atoms with Gasteiger partial charge in [-0.05, 0) is 6.92 Å². The van der Waals surface area contributed by atoms with E-state index in [1.165, 1.54) is 6.92 Å². The number of aromatic nitrogens is 2. The summed E-state index contributed by atoms with van der Waals surface area (Å²) in [6.07, 6.45) is 6.66. The van der Waals surface area contributed by atoms with Gasteiger partial charge in [0.25, 0.3) is 0 Å². The summed E-state index contributed by atoms with van der Waals surface area (Å²) in [5, 5.41) is 0. The van der Waals surface area contributed by atoms with Crippen LogP contribution in [-0.2, 0) is 6.54 Å². The number of rotatable bonds is 4. The molecule has 1 aromatic carbocycles. The molecule has 0 bridgehead atoms. The quantitative estimate of drug-likeness (QED) is 0.601. The topological polar surface area (TPSA) is 50.9 Å². The van der Waals surface area contributed by atoms with E-state index in [0.29, 0.717) is 11.1 Å². The summed E-state index contributed by atoms with van der Waals surface area (Å²) in [5.74, 6) is -0.185. The lowest BCUT2D eigenvalue weighted by molar-refractivity contribution is -0.683. The molecule has 0 aliphatic rings. The van der Waals surface area contributed by atoms with Gasteiger partial charge in [0.1, 0.15) is 0 Å². The number of benzene rings is 1. The Labute approximate surface area is 105 Å². The van der Waals surface area contributed by atoms with Crippen LogP contribution >= 0.6 is 0 Å². The van der Waals surface area contributed by atoms with Crippen molar-refractivity contribution in [2.75, 3.05) is 0 Å². The summed E-state index contributed by atoms with van der Waals surface area (Å²) in [6, 6.07) is 6.87. The number of Topliss-reactive ketones (excluding diaryl/α,β-unsaturated/α-hetero) is 2. The molecule has 90 valence electrons. The zero-order valence-corrected chi connectivity index (χ0v) is 10.0. The second kappa shape index (κ2) is 5.31. The number of carbonyl (C=O) groups excluding carboxylic acids is 2.